The average molecular weight is 341 g/mol. The second kappa shape index (κ2) is 7.83. The molecule has 2 aromatic carbocycles. The maximum atomic E-state index is 12.6. The van der Waals surface area contributed by atoms with Crippen molar-refractivity contribution in [1.29, 1.82) is 0 Å². The van der Waals surface area contributed by atoms with Crippen LogP contribution in [0.15, 0.2) is 30.3 Å². The Balaban J connectivity index is 2.27. The van der Waals surface area contributed by atoms with Crippen LogP contribution in [0.4, 0.5) is 5.69 Å². The SMILES string of the molecule is CCC(=O)Oc1ccc(C(=O)Nc2c(C)cc(C)cc2C)cc1OC. The van der Waals surface area contributed by atoms with Crippen LogP contribution in [0.2, 0.25) is 0 Å². The van der Waals surface area contributed by atoms with Gasteiger partial charge in [0.15, 0.2) is 11.5 Å². The van der Waals surface area contributed by atoms with Gasteiger partial charge >= 0.3 is 5.97 Å². The standard InChI is InChI=1S/C20H23NO4/c1-6-18(22)25-16-8-7-15(11-17(16)24-5)20(23)21-19-13(3)9-12(2)10-14(19)4/h7-11H,6H2,1-5H3,(H,21,23). The van der Waals surface area contributed by atoms with Crippen molar-refractivity contribution in [3.8, 4) is 11.5 Å². The molecule has 0 aliphatic heterocycles. The molecule has 0 radical (unpaired) electrons. The number of ether oxygens (including phenoxy) is 2. The van der Waals surface area contributed by atoms with Gasteiger partial charge in [0.2, 0.25) is 0 Å². The van der Waals surface area contributed by atoms with Crippen molar-refractivity contribution in [3.63, 3.8) is 0 Å². The van der Waals surface area contributed by atoms with Gasteiger partial charge in [0.25, 0.3) is 5.91 Å². The highest BCUT2D eigenvalue weighted by molar-refractivity contribution is 6.05. The predicted molar refractivity (Wildman–Crippen MR) is 97.5 cm³/mol. The lowest BCUT2D eigenvalue weighted by Crippen LogP contribution is -2.14. The zero-order valence-corrected chi connectivity index (χ0v) is 15.2. The number of hydrogen-bond donors (Lipinski definition) is 1. The summed E-state index contributed by atoms with van der Waals surface area (Å²) in [7, 11) is 1.47. The largest absolute Gasteiger partial charge is 0.493 e. The molecule has 0 spiro atoms. The van der Waals surface area contributed by atoms with Gasteiger partial charge in [-0.2, -0.15) is 0 Å². The Kier molecular flexibility index (Phi) is 5.80. The lowest BCUT2D eigenvalue weighted by Gasteiger charge is -2.14. The Morgan fingerprint density at radius 1 is 1.00 bits per heavy atom. The molecule has 132 valence electrons. The van der Waals surface area contributed by atoms with E-state index in [2.05, 4.69) is 5.32 Å². The van der Waals surface area contributed by atoms with Crippen molar-refractivity contribution in [3.05, 3.63) is 52.6 Å². The van der Waals surface area contributed by atoms with E-state index < -0.39 is 0 Å². The molecule has 0 aromatic heterocycles. The molecular weight excluding hydrogens is 318 g/mol. The second-order valence-corrected chi connectivity index (χ2v) is 5.92. The fourth-order valence-corrected chi connectivity index (χ4v) is 2.65. The monoisotopic (exact) mass is 341 g/mol. The minimum atomic E-state index is -0.360. The summed E-state index contributed by atoms with van der Waals surface area (Å²) in [5, 5.41) is 2.94. The van der Waals surface area contributed by atoms with Crippen LogP contribution < -0.4 is 14.8 Å². The van der Waals surface area contributed by atoms with Crippen LogP contribution in [0, 0.1) is 20.8 Å². The molecule has 0 bridgehead atoms. The average Bonchev–Trinajstić information content (AvgIpc) is 2.57. The topological polar surface area (TPSA) is 64.6 Å². The van der Waals surface area contributed by atoms with Crippen molar-refractivity contribution in [2.45, 2.75) is 34.1 Å². The molecule has 1 N–H and O–H groups in total. The Labute approximate surface area is 148 Å². The summed E-state index contributed by atoms with van der Waals surface area (Å²) in [5.74, 6) is 0.0310. The van der Waals surface area contributed by atoms with Gasteiger partial charge in [-0.25, -0.2) is 0 Å². The molecule has 5 heteroatoms. The first-order chi connectivity index (χ1) is 11.8. The molecule has 0 atom stereocenters. The smallest absolute Gasteiger partial charge is 0.311 e. The van der Waals surface area contributed by atoms with E-state index >= 15 is 0 Å². The van der Waals surface area contributed by atoms with E-state index in [1.165, 1.54) is 7.11 Å². The molecule has 0 heterocycles. The third-order valence-corrected chi connectivity index (χ3v) is 3.85. The molecule has 2 rings (SSSR count). The lowest BCUT2D eigenvalue weighted by atomic mass is 10.0. The van der Waals surface area contributed by atoms with E-state index in [9.17, 15) is 9.59 Å². The molecule has 0 unspecified atom stereocenters. The second-order valence-electron chi connectivity index (χ2n) is 5.92. The van der Waals surface area contributed by atoms with Crippen molar-refractivity contribution >= 4 is 17.6 Å². The number of anilines is 1. The number of aryl methyl sites for hydroxylation is 3. The van der Waals surface area contributed by atoms with Gasteiger partial charge in [0.05, 0.1) is 7.11 Å². The van der Waals surface area contributed by atoms with E-state index in [1.54, 1.807) is 25.1 Å². The first-order valence-electron chi connectivity index (χ1n) is 8.13. The first kappa shape index (κ1) is 18.5. The highest BCUT2D eigenvalue weighted by atomic mass is 16.6. The van der Waals surface area contributed by atoms with Crippen LogP contribution in [0.1, 0.15) is 40.4 Å². The Morgan fingerprint density at radius 2 is 1.64 bits per heavy atom. The molecule has 1 amide bonds. The van der Waals surface area contributed by atoms with Crippen LogP contribution in [-0.4, -0.2) is 19.0 Å². The van der Waals surface area contributed by atoms with Gasteiger partial charge in [-0.15, -0.1) is 0 Å². The summed E-state index contributed by atoms with van der Waals surface area (Å²) in [4.78, 5) is 24.0. The third kappa shape index (κ3) is 4.38. The molecule has 2 aromatic rings. The molecule has 0 aliphatic rings. The summed E-state index contributed by atoms with van der Waals surface area (Å²) in [6, 6.07) is 8.78. The number of esters is 1. The summed E-state index contributed by atoms with van der Waals surface area (Å²) in [5.41, 5.74) is 4.39. The highest BCUT2D eigenvalue weighted by Gasteiger charge is 2.15. The molecule has 5 nitrogen and oxygen atoms in total. The molecule has 0 saturated heterocycles. The van der Waals surface area contributed by atoms with E-state index in [0.717, 1.165) is 22.4 Å². The Hall–Kier alpha value is -2.82. The fraction of sp³-hybridized carbons (Fsp3) is 0.300. The number of methoxy groups -OCH3 is 1. The maximum absolute atomic E-state index is 12.6. The van der Waals surface area contributed by atoms with Gasteiger partial charge in [-0.3, -0.25) is 9.59 Å². The Morgan fingerprint density at radius 3 is 2.20 bits per heavy atom. The van der Waals surface area contributed by atoms with Crippen molar-refractivity contribution in [2.24, 2.45) is 0 Å². The summed E-state index contributed by atoms with van der Waals surface area (Å²) in [6.45, 7) is 7.66. The summed E-state index contributed by atoms with van der Waals surface area (Å²) < 4.78 is 10.4. The molecule has 0 aliphatic carbocycles. The number of carbonyl (C=O) groups excluding carboxylic acids is 2. The molecule has 25 heavy (non-hydrogen) atoms. The van der Waals surface area contributed by atoms with Crippen LogP contribution in [0.3, 0.4) is 0 Å². The summed E-state index contributed by atoms with van der Waals surface area (Å²) >= 11 is 0. The van der Waals surface area contributed by atoms with Crippen LogP contribution in [0.25, 0.3) is 0 Å². The van der Waals surface area contributed by atoms with Crippen LogP contribution in [0.5, 0.6) is 11.5 Å². The zero-order valence-electron chi connectivity index (χ0n) is 15.2. The van der Waals surface area contributed by atoms with E-state index in [4.69, 9.17) is 9.47 Å². The maximum Gasteiger partial charge on any atom is 0.311 e. The van der Waals surface area contributed by atoms with Gasteiger partial charge in [-0.05, 0) is 50.1 Å². The van der Waals surface area contributed by atoms with Gasteiger partial charge in [-0.1, -0.05) is 24.6 Å². The number of rotatable bonds is 5. The minimum Gasteiger partial charge on any atom is -0.493 e. The van der Waals surface area contributed by atoms with Gasteiger partial charge in [0, 0.05) is 17.7 Å². The first-order valence-corrected chi connectivity index (χ1v) is 8.13. The normalized spacial score (nSPS) is 10.3. The van der Waals surface area contributed by atoms with E-state index in [1.807, 2.05) is 32.9 Å². The lowest BCUT2D eigenvalue weighted by molar-refractivity contribution is -0.134. The number of nitrogens with one attached hydrogen (secondary N) is 1. The van der Waals surface area contributed by atoms with Crippen LogP contribution in [-0.2, 0) is 4.79 Å². The minimum absolute atomic E-state index is 0.248. The predicted octanol–water partition coefficient (Wildman–Crippen LogP) is 4.19. The molecule has 0 fully saturated rings. The molecular formula is C20H23NO4. The van der Waals surface area contributed by atoms with E-state index in [0.29, 0.717) is 17.1 Å². The van der Waals surface area contributed by atoms with E-state index in [-0.39, 0.29) is 18.3 Å². The van der Waals surface area contributed by atoms with Gasteiger partial charge < -0.3 is 14.8 Å². The highest BCUT2D eigenvalue weighted by Crippen LogP contribution is 2.29. The van der Waals surface area contributed by atoms with Crippen LogP contribution >= 0.6 is 0 Å². The number of carbonyl (C=O) groups is 2. The van der Waals surface area contributed by atoms with Crippen molar-refractivity contribution < 1.29 is 19.1 Å². The molecule has 0 saturated carbocycles. The fourth-order valence-electron chi connectivity index (χ4n) is 2.65. The third-order valence-electron chi connectivity index (χ3n) is 3.85. The number of amides is 1. The zero-order chi connectivity index (χ0) is 18.6. The number of hydrogen-bond acceptors (Lipinski definition) is 4. The van der Waals surface area contributed by atoms with Gasteiger partial charge in [0.1, 0.15) is 0 Å². The Bertz CT molecular complexity index is 788. The number of benzene rings is 2. The van der Waals surface area contributed by atoms with Crippen molar-refractivity contribution in [2.75, 3.05) is 12.4 Å². The quantitative estimate of drug-likeness (QED) is 0.654. The van der Waals surface area contributed by atoms with Crippen molar-refractivity contribution in [1.82, 2.24) is 0 Å². The summed E-state index contributed by atoms with van der Waals surface area (Å²) in [6.07, 6.45) is 0.261.